The van der Waals surface area contributed by atoms with E-state index >= 15 is 0 Å². The third-order valence-electron chi connectivity index (χ3n) is 6.80. The lowest BCUT2D eigenvalue weighted by molar-refractivity contribution is 0.0962. The Hall–Kier alpha value is -3.45. The summed E-state index contributed by atoms with van der Waals surface area (Å²) in [6.07, 6.45) is 3.04. The Morgan fingerprint density at radius 1 is 0.939 bits per heavy atom. The van der Waals surface area contributed by atoms with Crippen LogP contribution in [0.3, 0.4) is 0 Å². The van der Waals surface area contributed by atoms with Crippen LogP contribution in [0.4, 0.5) is 5.95 Å². The van der Waals surface area contributed by atoms with Crippen molar-refractivity contribution < 1.29 is 14.3 Å². The second-order valence-corrected chi connectivity index (χ2v) is 8.92. The van der Waals surface area contributed by atoms with E-state index < -0.39 is 0 Å². The molecule has 0 amide bonds. The van der Waals surface area contributed by atoms with Crippen molar-refractivity contribution in [2.45, 2.75) is 25.3 Å². The predicted molar refractivity (Wildman–Crippen MR) is 124 cm³/mol. The molecule has 3 aromatic rings. The molecule has 1 aromatic heterocycles. The molecule has 0 unspecified atom stereocenters. The van der Waals surface area contributed by atoms with Crippen LogP contribution in [0.15, 0.2) is 54.7 Å². The quantitative estimate of drug-likeness (QED) is 0.613. The molecule has 33 heavy (non-hydrogen) atoms. The van der Waals surface area contributed by atoms with Crippen LogP contribution >= 0.6 is 0 Å². The largest absolute Gasteiger partial charge is 0.454 e. The molecule has 1 atom stereocenters. The highest BCUT2D eigenvalue weighted by atomic mass is 16.7. The lowest BCUT2D eigenvalue weighted by Crippen LogP contribution is -2.46. The molecular formula is C26H26N4O3. The van der Waals surface area contributed by atoms with Gasteiger partial charge in [0.2, 0.25) is 12.7 Å². The summed E-state index contributed by atoms with van der Waals surface area (Å²) in [7, 11) is 0. The number of rotatable bonds is 4. The summed E-state index contributed by atoms with van der Waals surface area (Å²) < 4.78 is 10.9. The highest BCUT2D eigenvalue weighted by Crippen LogP contribution is 2.34. The van der Waals surface area contributed by atoms with Gasteiger partial charge in [0.1, 0.15) is 0 Å². The van der Waals surface area contributed by atoms with E-state index in [9.17, 15) is 4.79 Å². The van der Waals surface area contributed by atoms with Crippen LogP contribution in [0.5, 0.6) is 11.5 Å². The zero-order valence-corrected chi connectivity index (χ0v) is 18.4. The molecular weight excluding hydrogens is 416 g/mol. The lowest BCUT2D eigenvalue weighted by Gasteiger charge is -2.35. The molecule has 168 valence electrons. The van der Waals surface area contributed by atoms with Crippen molar-refractivity contribution in [2.24, 2.45) is 0 Å². The smallest absolute Gasteiger partial charge is 0.231 e. The number of carbonyl (C=O) groups is 1. The summed E-state index contributed by atoms with van der Waals surface area (Å²) >= 11 is 0. The summed E-state index contributed by atoms with van der Waals surface area (Å²) in [4.78, 5) is 26.8. The van der Waals surface area contributed by atoms with Crippen molar-refractivity contribution in [2.75, 3.05) is 37.9 Å². The first-order valence-electron chi connectivity index (χ1n) is 11.5. The molecule has 0 saturated carbocycles. The number of Topliss-reactive ketones (excluding diaryl/α,β-unsaturated/α-hetero) is 1. The summed E-state index contributed by atoms with van der Waals surface area (Å²) in [5.41, 5.74) is 4.00. The van der Waals surface area contributed by atoms with Crippen LogP contribution in [0.1, 0.15) is 39.5 Å². The minimum atomic E-state index is 0.144. The minimum absolute atomic E-state index is 0.144. The van der Waals surface area contributed by atoms with Crippen molar-refractivity contribution in [3.8, 4) is 11.5 Å². The van der Waals surface area contributed by atoms with Crippen molar-refractivity contribution in [1.29, 1.82) is 0 Å². The first-order chi connectivity index (χ1) is 16.2. The maximum Gasteiger partial charge on any atom is 0.231 e. The fourth-order valence-electron chi connectivity index (χ4n) is 4.95. The molecule has 7 nitrogen and oxygen atoms in total. The van der Waals surface area contributed by atoms with Gasteiger partial charge < -0.3 is 14.4 Å². The maximum atomic E-state index is 12.7. The molecule has 1 aliphatic carbocycles. The monoisotopic (exact) mass is 442 g/mol. The van der Waals surface area contributed by atoms with Gasteiger partial charge in [-0.1, -0.05) is 36.4 Å². The standard InChI is InChI=1S/C26H26N4O3/c31-23-14-20(19-4-2-1-3-5-19)13-22-21(23)15-27-26(28-22)30-10-8-29(9-11-30)16-18-6-7-24-25(12-18)33-17-32-24/h1-7,12,15,20H,8-11,13-14,16-17H2/t20-/m0/s1. The van der Waals surface area contributed by atoms with E-state index in [4.69, 9.17) is 14.5 Å². The van der Waals surface area contributed by atoms with E-state index in [1.165, 1.54) is 11.1 Å². The highest BCUT2D eigenvalue weighted by molar-refractivity contribution is 5.98. The Morgan fingerprint density at radius 2 is 1.76 bits per heavy atom. The predicted octanol–water partition coefficient (Wildman–Crippen LogP) is 3.44. The number of nitrogens with zero attached hydrogens (tertiary/aromatic N) is 4. The van der Waals surface area contributed by atoms with E-state index in [1.54, 1.807) is 6.20 Å². The highest BCUT2D eigenvalue weighted by Gasteiger charge is 2.29. The first-order valence-corrected chi connectivity index (χ1v) is 11.5. The molecule has 0 N–H and O–H groups in total. The van der Waals surface area contributed by atoms with E-state index in [0.717, 1.165) is 62.3 Å². The Balaban J connectivity index is 1.12. The Bertz CT molecular complexity index is 1180. The third-order valence-corrected chi connectivity index (χ3v) is 6.80. The van der Waals surface area contributed by atoms with Crippen LogP contribution in [0, 0.1) is 0 Å². The van der Waals surface area contributed by atoms with Gasteiger partial charge in [-0.2, -0.15) is 0 Å². The number of carbonyl (C=O) groups excluding carboxylic acids is 1. The molecule has 6 rings (SSSR count). The van der Waals surface area contributed by atoms with Gasteiger partial charge >= 0.3 is 0 Å². The molecule has 2 aliphatic heterocycles. The number of fused-ring (bicyclic) bond motifs is 2. The van der Waals surface area contributed by atoms with Crippen molar-refractivity contribution in [3.63, 3.8) is 0 Å². The summed E-state index contributed by atoms with van der Waals surface area (Å²) in [5.74, 6) is 2.72. The van der Waals surface area contributed by atoms with Gasteiger partial charge in [0, 0.05) is 45.3 Å². The lowest BCUT2D eigenvalue weighted by atomic mass is 9.82. The first kappa shape index (κ1) is 20.2. The van der Waals surface area contributed by atoms with Crippen molar-refractivity contribution >= 4 is 11.7 Å². The molecule has 1 fully saturated rings. The van der Waals surface area contributed by atoms with Crippen LogP contribution in [0.25, 0.3) is 0 Å². The number of ketones is 1. The van der Waals surface area contributed by atoms with Crippen LogP contribution < -0.4 is 14.4 Å². The number of benzene rings is 2. The van der Waals surface area contributed by atoms with E-state index in [2.05, 4.69) is 39.0 Å². The fraction of sp³-hybridized carbons (Fsp3) is 0.346. The summed E-state index contributed by atoms with van der Waals surface area (Å²) in [6.45, 7) is 4.76. The fourth-order valence-corrected chi connectivity index (χ4v) is 4.95. The van der Waals surface area contributed by atoms with Gasteiger partial charge in [-0.05, 0) is 35.6 Å². The normalized spacial score (nSPS) is 20.1. The SMILES string of the molecule is O=C1C[C@@H](c2ccccc2)Cc2nc(N3CCN(Cc4ccc5c(c4)OCO5)CC3)ncc21. The molecule has 2 aromatic carbocycles. The van der Waals surface area contributed by atoms with Gasteiger partial charge in [0.05, 0.1) is 11.3 Å². The van der Waals surface area contributed by atoms with Crippen molar-refractivity contribution in [1.82, 2.24) is 14.9 Å². The number of piperazine rings is 1. The number of hydrogen-bond donors (Lipinski definition) is 0. The zero-order chi connectivity index (χ0) is 22.2. The minimum Gasteiger partial charge on any atom is -0.454 e. The van der Waals surface area contributed by atoms with E-state index in [1.807, 2.05) is 24.3 Å². The van der Waals surface area contributed by atoms with E-state index in [-0.39, 0.29) is 11.7 Å². The molecule has 0 spiro atoms. The van der Waals surface area contributed by atoms with Gasteiger partial charge in [0.25, 0.3) is 0 Å². The number of aromatic nitrogens is 2. The Labute approximate surface area is 193 Å². The summed E-state index contributed by atoms with van der Waals surface area (Å²) in [5, 5.41) is 0. The van der Waals surface area contributed by atoms with Gasteiger partial charge in [-0.3, -0.25) is 9.69 Å². The second-order valence-electron chi connectivity index (χ2n) is 8.92. The maximum absolute atomic E-state index is 12.7. The van der Waals surface area contributed by atoms with Gasteiger partial charge in [-0.15, -0.1) is 0 Å². The van der Waals surface area contributed by atoms with Gasteiger partial charge in [0.15, 0.2) is 17.3 Å². The molecule has 7 heteroatoms. The topological polar surface area (TPSA) is 67.8 Å². The van der Waals surface area contributed by atoms with Crippen LogP contribution in [-0.4, -0.2) is 53.6 Å². The zero-order valence-electron chi connectivity index (χ0n) is 18.4. The average Bonchev–Trinajstić information content (AvgIpc) is 3.33. The van der Waals surface area contributed by atoms with Crippen molar-refractivity contribution in [3.05, 3.63) is 77.1 Å². The molecule has 3 aliphatic rings. The molecule has 3 heterocycles. The molecule has 0 radical (unpaired) electrons. The second kappa shape index (κ2) is 8.48. The number of ether oxygens (including phenoxy) is 2. The third kappa shape index (κ3) is 4.04. The molecule has 0 bridgehead atoms. The van der Waals surface area contributed by atoms with Gasteiger partial charge in [-0.25, -0.2) is 9.97 Å². The summed E-state index contributed by atoms with van der Waals surface area (Å²) in [6, 6.07) is 16.4. The van der Waals surface area contributed by atoms with Crippen LogP contribution in [0.2, 0.25) is 0 Å². The average molecular weight is 443 g/mol. The Morgan fingerprint density at radius 3 is 2.61 bits per heavy atom. The molecule has 1 saturated heterocycles. The Kier molecular flexibility index (Phi) is 5.19. The number of anilines is 1. The van der Waals surface area contributed by atoms with Crippen LogP contribution in [-0.2, 0) is 13.0 Å². The van der Waals surface area contributed by atoms with E-state index in [0.29, 0.717) is 18.8 Å². The number of hydrogen-bond acceptors (Lipinski definition) is 7.